The van der Waals surface area contributed by atoms with Crippen LogP contribution in [0.4, 0.5) is 21.0 Å². The molecule has 2 unspecified atom stereocenters. The average Bonchev–Trinajstić information content (AvgIpc) is 3.89. The number of urea groups is 2. The third-order valence-corrected chi connectivity index (χ3v) is 9.35. The number of aromatic nitrogens is 2. The maximum atomic E-state index is 12.3. The molecule has 0 aliphatic carbocycles. The second-order valence-corrected chi connectivity index (χ2v) is 12.6. The first kappa shape index (κ1) is 34.6. The van der Waals surface area contributed by atoms with Gasteiger partial charge in [0.1, 0.15) is 23.6 Å². The van der Waals surface area contributed by atoms with Crippen molar-refractivity contribution in [1.29, 1.82) is 0 Å². The van der Waals surface area contributed by atoms with Crippen LogP contribution in [0, 0.1) is 0 Å². The second-order valence-electron chi connectivity index (χ2n) is 12.6. The van der Waals surface area contributed by atoms with Gasteiger partial charge in [-0.1, -0.05) is 38.1 Å². The third kappa shape index (κ3) is 6.53. The fraction of sp³-hybridized carbons (Fsp3) is 0.316. The molecule has 0 saturated carbocycles. The predicted octanol–water partition coefficient (Wildman–Crippen LogP) is 6.60. The lowest BCUT2D eigenvalue weighted by Crippen LogP contribution is -2.31. The van der Waals surface area contributed by atoms with Crippen molar-refractivity contribution >= 4 is 35.3 Å². The van der Waals surface area contributed by atoms with E-state index in [1.54, 1.807) is 24.3 Å². The molecule has 4 aliphatic heterocycles. The number of carbonyl (C=O) groups excluding carboxylic acids is 4. The SMILES string of the molecule is CC[C@H]1NC(=O)N(c2ccc(Oc3cccc4c3C(C)OC4)nc2)C1=O.CC[C@H]1NC(=O)N(c2ccc(Oc3cccc4c3C(C)OC4)nc2)C1=O. The summed E-state index contributed by atoms with van der Waals surface area (Å²) in [5.74, 6) is 1.66. The number of carbonyl (C=O) groups is 4. The maximum absolute atomic E-state index is 12.3. The van der Waals surface area contributed by atoms with Gasteiger partial charge in [-0.15, -0.1) is 0 Å². The number of fused-ring (bicyclic) bond motifs is 2. The highest BCUT2D eigenvalue weighted by molar-refractivity contribution is 6.22. The molecule has 4 aromatic rings. The molecule has 52 heavy (non-hydrogen) atoms. The van der Waals surface area contributed by atoms with Crippen LogP contribution in [0.3, 0.4) is 0 Å². The van der Waals surface area contributed by atoms with Crippen molar-refractivity contribution in [3.63, 3.8) is 0 Å². The first-order valence-electron chi connectivity index (χ1n) is 17.2. The number of amides is 6. The highest BCUT2D eigenvalue weighted by atomic mass is 16.5. The summed E-state index contributed by atoms with van der Waals surface area (Å²) in [4.78, 5) is 59.3. The smallest absolute Gasteiger partial charge is 0.329 e. The lowest BCUT2D eigenvalue weighted by Gasteiger charge is -2.14. The van der Waals surface area contributed by atoms with Gasteiger partial charge in [0.15, 0.2) is 0 Å². The quantitative estimate of drug-likeness (QED) is 0.191. The van der Waals surface area contributed by atoms with E-state index in [4.69, 9.17) is 18.9 Å². The summed E-state index contributed by atoms with van der Waals surface area (Å²) in [6.07, 6.45) is 3.97. The molecule has 2 N–H and O–H groups in total. The zero-order chi connectivity index (χ0) is 36.5. The molecule has 4 atom stereocenters. The molecular weight excluding hydrogens is 668 g/mol. The molecule has 2 fully saturated rings. The monoisotopic (exact) mass is 706 g/mol. The minimum absolute atomic E-state index is 0.0302. The van der Waals surface area contributed by atoms with Crippen molar-refractivity contribution in [1.82, 2.24) is 20.6 Å². The van der Waals surface area contributed by atoms with Gasteiger partial charge in [-0.2, -0.15) is 0 Å². The molecule has 2 aromatic heterocycles. The maximum Gasteiger partial charge on any atom is 0.329 e. The molecule has 0 bridgehead atoms. The van der Waals surface area contributed by atoms with Crippen LogP contribution in [0.1, 0.15) is 75.0 Å². The van der Waals surface area contributed by atoms with E-state index in [0.717, 1.165) is 32.1 Å². The number of nitrogens with one attached hydrogen (secondary N) is 2. The Morgan fingerprint density at radius 3 is 1.42 bits per heavy atom. The van der Waals surface area contributed by atoms with Crippen LogP contribution in [0.15, 0.2) is 73.1 Å². The van der Waals surface area contributed by atoms with Gasteiger partial charge in [0.25, 0.3) is 11.8 Å². The summed E-state index contributed by atoms with van der Waals surface area (Å²) in [6, 6.07) is 16.4. The van der Waals surface area contributed by atoms with E-state index in [9.17, 15) is 19.2 Å². The number of benzene rings is 2. The molecule has 4 aliphatic rings. The highest BCUT2D eigenvalue weighted by Gasteiger charge is 2.39. The van der Waals surface area contributed by atoms with E-state index in [2.05, 4.69) is 20.6 Å². The topological polar surface area (TPSA) is 162 Å². The third-order valence-electron chi connectivity index (χ3n) is 9.35. The molecule has 6 amide bonds. The lowest BCUT2D eigenvalue weighted by molar-refractivity contribution is -0.119. The normalized spacial score (nSPS) is 21.7. The minimum atomic E-state index is -0.480. The number of ether oxygens (including phenoxy) is 4. The summed E-state index contributed by atoms with van der Waals surface area (Å²) in [5.41, 5.74) is 5.11. The van der Waals surface area contributed by atoms with Crippen molar-refractivity contribution in [2.24, 2.45) is 0 Å². The number of imide groups is 2. The summed E-state index contributed by atoms with van der Waals surface area (Å²) in [5, 5.41) is 5.31. The van der Waals surface area contributed by atoms with E-state index < -0.39 is 24.1 Å². The van der Waals surface area contributed by atoms with Crippen molar-refractivity contribution in [3.8, 4) is 23.3 Å². The number of hydrogen-bond acceptors (Lipinski definition) is 10. The Morgan fingerprint density at radius 2 is 1.08 bits per heavy atom. The first-order valence-corrected chi connectivity index (χ1v) is 17.2. The van der Waals surface area contributed by atoms with Crippen LogP contribution >= 0.6 is 0 Å². The Bertz CT molecular complexity index is 1880. The lowest BCUT2D eigenvalue weighted by atomic mass is 10.1. The highest BCUT2D eigenvalue weighted by Crippen LogP contribution is 2.40. The minimum Gasteiger partial charge on any atom is -0.439 e. The zero-order valence-corrected chi connectivity index (χ0v) is 29.1. The molecule has 0 radical (unpaired) electrons. The molecule has 2 saturated heterocycles. The largest absolute Gasteiger partial charge is 0.439 e. The number of pyridine rings is 2. The standard InChI is InChI=1S/2C19H19N3O4/c2*1-3-14-18(23)22(19(24)21-14)13-7-8-16(20-9-13)26-15-6-4-5-12-10-25-11(2)17(12)15/h2*4-9,11,14H,3,10H2,1-2H3,(H,21,24)/t2*11?,14-/m11/s1. The van der Waals surface area contributed by atoms with Crippen LogP contribution in [0.25, 0.3) is 0 Å². The van der Waals surface area contributed by atoms with Gasteiger partial charge in [-0.05, 0) is 62.1 Å². The Hall–Kier alpha value is -5.86. The van der Waals surface area contributed by atoms with Crippen molar-refractivity contribution in [2.75, 3.05) is 9.80 Å². The fourth-order valence-electron chi connectivity index (χ4n) is 6.59. The first-order chi connectivity index (χ1) is 25.2. The van der Waals surface area contributed by atoms with E-state index in [-0.39, 0.29) is 24.0 Å². The number of hydrogen-bond donors (Lipinski definition) is 2. The van der Waals surface area contributed by atoms with E-state index >= 15 is 0 Å². The molecule has 2 aromatic carbocycles. The average molecular weight is 707 g/mol. The Morgan fingerprint density at radius 1 is 0.654 bits per heavy atom. The van der Waals surface area contributed by atoms with E-state index in [1.807, 2.05) is 64.1 Å². The molecule has 14 heteroatoms. The summed E-state index contributed by atoms with van der Waals surface area (Å²) in [7, 11) is 0. The van der Waals surface area contributed by atoms with Crippen molar-refractivity contribution < 1.29 is 38.1 Å². The second kappa shape index (κ2) is 14.4. The van der Waals surface area contributed by atoms with Crippen LogP contribution in [-0.4, -0.2) is 45.9 Å². The predicted molar refractivity (Wildman–Crippen MR) is 188 cm³/mol. The van der Waals surface area contributed by atoms with Crippen LogP contribution in [0.5, 0.6) is 23.3 Å². The molecule has 0 spiro atoms. The Kier molecular flexibility index (Phi) is 9.58. The van der Waals surface area contributed by atoms with E-state index in [0.29, 0.717) is 60.7 Å². The Balaban J connectivity index is 0.000000162. The summed E-state index contributed by atoms with van der Waals surface area (Å²) < 4.78 is 23.1. The van der Waals surface area contributed by atoms with Gasteiger partial charge in [-0.25, -0.2) is 29.4 Å². The zero-order valence-electron chi connectivity index (χ0n) is 29.1. The number of anilines is 2. The molecule has 14 nitrogen and oxygen atoms in total. The fourth-order valence-corrected chi connectivity index (χ4v) is 6.59. The van der Waals surface area contributed by atoms with Crippen molar-refractivity contribution in [2.45, 2.75) is 78.0 Å². The summed E-state index contributed by atoms with van der Waals surface area (Å²) in [6.45, 7) is 8.82. The van der Waals surface area contributed by atoms with Crippen LogP contribution in [0.2, 0.25) is 0 Å². The van der Waals surface area contributed by atoms with Gasteiger partial charge in [-0.3, -0.25) is 9.59 Å². The molecule has 6 heterocycles. The number of nitrogens with zero attached hydrogens (tertiary/aromatic N) is 4. The molecular formula is C38H38N6O8. The van der Waals surface area contributed by atoms with Gasteiger partial charge in [0, 0.05) is 23.3 Å². The summed E-state index contributed by atoms with van der Waals surface area (Å²) >= 11 is 0. The van der Waals surface area contributed by atoms with Gasteiger partial charge in [0.2, 0.25) is 11.8 Å². The molecule has 8 rings (SSSR count). The van der Waals surface area contributed by atoms with Crippen LogP contribution in [-0.2, 0) is 32.3 Å². The van der Waals surface area contributed by atoms with Crippen LogP contribution < -0.4 is 29.9 Å². The van der Waals surface area contributed by atoms with Gasteiger partial charge < -0.3 is 29.6 Å². The number of rotatable bonds is 8. The van der Waals surface area contributed by atoms with Gasteiger partial charge >= 0.3 is 12.1 Å². The van der Waals surface area contributed by atoms with Gasteiger partial charge in [0.05, 0.1) is 49.2 Å². The van der Waals surface area contributed by atoms with Crippen molar-refractivity contribution in [3.05, 3.63) is 95.3 Å². The molecule has 268 valence electrons. The van der Waals surface area contributed by atoms with E-state index in [1.165, 1.54) is 12.4 Å². The Labute approximate surface area is 300 Å².